The van der Waals surface area contributed by atoms with Gasteiger partial charge in [-0.05, 0) is 47.6 Å². The molecule has 0 radical (unpaired) electrons. The van der Waals surface area contributed by atoms with Crippen LogP contribution in [0.3, 0.4) is 0 Å². The lowest BCUT2D eigenvalue weighted by Crippen LogP contribution is -2.01. The molecule has 1 N–H and O–H groups in total. The SMILES string of the molecule is CCC(C)c1ccc(C(O)c2ccc(C)c(F)c2)cc1. The van der Waals surface area contributed by atoms with Crippen molar-refractivity contribution >= 4 is 0 Å². The molecule has 0 aliphatic carbocycles. The second-order valence-corrected chi connectivity index (χ2v) is 5.39. The van der Waals surface area contributed by atoms with Gasteiger partial charge in [-0.25, -0.2) is 4.39 Å². The molecule has 0 heterocycles. The van der Waals surface area contributed by atoms with E-state index >= 15 is 0 Å². The molecule has 0 saturated heterocycles. The summed E-state index contributed by atoms with van der Waals surface area (Å²) in [5, 5.41) is 10.3. The van der Waals surface area contributed by atoms with Gasteiger partial charge in [0.2, 0.25) is 0 Å². The predicted molar refractivity (Wildman–Crippen MR) is 80.3 cm³/mol. The standard InChI is InChI=1S/C18H21FO/c1-4-12(2)14-7-9-15(10-8-14)18(20)16-6-5-13(3)17(19)11-16/h5-12,18,20H,4H2,1-3H3. The summed E-state index contributed by atoms with van der Waals surface area (Å²) in [6.45, 7) is 6.05. The van der Waals surface area contributed by atoms with Crippen LogP contribution in [0.15, 0.2) is 42.5 Å². The van der Waals surface area contributed by atoms with Gasteiger partial charge in [0.1, 0.15) is 11.9 Å². The quantitative estimate of drug-likeness (QED) is 0.853. The Balaban J connectivity index is 2.24. The van der Waals surface area contributed by atoms with Crippen LogP contribution < -0.4 is 0 Å². The first kappa shape index (κ1) is 14.7. The maximum Gasteiger partial charge on any atom is 0.126 e. The average molecular weight is 272 g/mol. The first-order valence-corrected chi connectivity index (χ1v) is 7.07. The fourth-order valence-corrected chi connectivity index (χ4v) is 2.21. The molecule has 0 bridgehead atoms. The molecule has 2 heteroatoms. The number of halogens is 1. The van der Waals surface area contributed by atoms with E-state index in [0.717, 1.165) is 12.0 Å². The van der Waals surface area contributed by atoms with Gasteiger partial charge in [-0.3, -0.25) is 0 Å². The second kappa shape index (κ2) is 6.19. The van der Waals surface area contributed by atoms with Crippen molar-refractivity contribution in [1.29, 1.82) is 0 Å². The van der Waals surface area contributed by atoms with Gasteiger partial charge in [-0.15, -0.1) is 0 Å². The summed E-state index contributed by atoms with van der Waals surface area (Å²) in [6.07, 6.45) is 0.307. The van der Waals surface area contributed by atoms with Gasteiger partial charge in [0.25, 0.3) is 0 Å². The number of hydrogen-bond donors (Lipinski definition) is 1. The van der Waals surface area contributed by atoms with Crippen LogP contribution >= 0.6 is 0 Å². The van der Waals surface area contributed by atoms with E-state index in [2.05, 4.69) is 13.8 Å². The number of aryl methyl sites for hydroxylation is 1. The van der Waals surface area contributed by atoms with Crippen LogP contribution in [0.1, 0.15) is 54.5 Å². The molecule has 0 saturated carbocycles. The van der Waals surface area contributed by atoms with E-state index in [9.17, 15) is 9.50 Å². The van der Waals surface area contributed by atoms with Crippen molar-refractivity contribution in [3.8, 4) is 0 Å². The molecule has 0 aromatic heterocycles. The van der Waals surface area contributed by atoms with Crippen LogP contribution in [0, 0.1) is 12.7 Å². The minimum atomic E-state index is -0.781. The van der Waals surface area contributed by atoms with Crippen molar-refractivity contribution in [3.05, 3.63) is 70.5 Å². The van der Waals surface area contributed by atoms with Gasteiger partial charge in [-0.2, -0.15) is 0 Å². The molecule has 2 rings (SSSR count). The third kappa shape index (κ3) is 3.07. The van der Waals surface area contributed by atoms with Crippen LogP contribution in [-0.4, -0.2) is 5.11 Å². The molecule has 0 amide bonds. The number of hydrogen-bond acceptors (Lipinski definition) is 1. The smallest absolute Gasteiger partial charge is 0.126 e. The Kier molecular flexibility index (Phi) is 4.56. The van der Waals surface area contributed by atoms with E-state index < -0.39 is 6.10 Å². The zero-order valence-electron chi connectivity index (χ0n) is 12.2. The summed E-state index contributed by atoms with van der Waals surface area (Å²) in [4.78, 5) is 0. The number of benzene rings is 2. The van der Waals surface area contributed by atoms with Crippen LogP contribution in [0.2, 0.25) is 0 Å². The van der Waals surface area contributed by atoms with Crippen molar-refractivity contribution in [1.82, 2.24) is 0 Å². The van der Waals surface area contributed by atoms with Crippen molar-refractivity contribution < 1.29 is 9.50 Å². The predicted octanol–water partition coefficient (Wildman–Crippen LogP) is 4.73. The summed E-state index contributed by atoms with van der Waals surface area (Å²) >= 11 is 0. The molecular weight excluding hydrogens is 251 g/mol. The van der Waals surface area contributed by atoms with E-state index in [1.54, 1.807) is 19.1 Å². The molecule has 2 atom stereocenters. The molecule has 0 aliphatic heterocycles. The number of aliphatic hydroxyl groups is 1. The molecule has 1 nitrogen and oxygen atoms in total. The Morgan fingerprint density at radius 1 is 1.00 bits per heavy atom. The molecule has 20 heavy (non-hydrogen) atoms. The lowest BCUT2D eigenvalue weighted by molar-refractivity contribution is 0.219. The van der Waals surface area contributed by atoms with Gasteiger partial charge in [0.15, 0.2) is 0 Å². The summed E-state index contributed by atoms with van der Waals surface area (Å²) in [5.74, 6) is 0.232. The monoisotopic (exact) mass is 272 g/mol. The molecular formula is C18H21FO. The summed E-state index contributed by atoms with van der Waals surface area (Å²) in [5.41, 5.74) is 3.23. The maximum absolute atomic E-state index is 13.6. The number of rotatable bonds is 4. The van der Waals surface area contributed by atoms with Gasteiger partial charge >= 0.3 is 0 Å². The van der Waals surface area contributed by atoms with Crippen molar-refractivity contribution in [2.75, 3.05) is 0 Å². The van der Waals surface area contributed by atoms with Crippen LogP contribution in [-0.2, 0) is 0 Å². The molecule has 0 aliphatic rings. The fraction of sp³-hybridized carbons (Fsp3) is 0.333. The fourth-order valence-electron chi connectivity index (χ4n) is 2.21. The van der Waals surface area contributed by atoms with E-state index in [0.29, 0.717) is 17.0 Å². The van der Waals surface area contributed by atoms with Gasteiger partial charge in [0.05, 0.1) is 0 Å². The van der Waals surface area contributed by atoms with E-state index in [-0.39, 0.29) is 5.82 Å². The third-order valence-corrected chi connectivity index (χ3v) is 3.95. The number of aliphatic hydroxyl groups excluding tert-OH is 1. The maximum atomic E-state index is 13.6. The lowest BCUT2D eigenvalue weighted by Gasteiger charge is -2.14. The summed E-state index contributed by atoms with van der Waals surface area (Å²) < 4.78 is 13.6. The molecule has 2 aromatic rings. The Labute approximate surface area is 120 Å². The van der Waals surface area contributed by atoms with Crippen LogP contribution in [0.25, 0.3) is 0 Å². The molecule has 0 spiro atoms. The molecule has 106 valence electrons. The largest absolute Gasteiger partial charge is 0.384 e. The zero-order chi connectivity index (χ0) is 14.7. The highest BCUT2D eigenvalue weighted by Crippen LogP contribution is 2.26. The molecule has 2 aromatic carbocycles. The zero-order valence-corrected chi connectivity index (χ0v) is 12.2. The lowest BCUT2D eigenvalue weighted by atomic mass is 9.94. The highest BCUT2D eigenvalue weighted by Gasteiger charge is 2.12. The average Bonchev–Trinajstić information content (AvgIpc) is 2.48. The van der Waals surface area contributed by atoms with Crippen molar-refractivity contribution in [3.63, 3.8) is 0 Å². The first-order valence-electron chi connectivity index (χ1n) is 7.07. The first-order chi connectivity index (χ1) is 9.52. The van der Waals surface area contributed by atoms with Gasteiger partial charge in [0, 0.05) is 0 Å². The van der Waals surface area contributed by atoms with Crippen LogP contribution in [0.5, 0.6) is 0 Å². The van der Waals surface area contributed by atoms with E-state index in [1.165, 1.54) is 11.6 Å². The highest BCUT2D eigenvalue weighted by atomic mass is 19.1. The normalized spacial score (nSPS) is 14.1. The van der Waals surface area contributed by atoms with Gasteiger partial charge < -0.3 is 5.11 Å². The minimum absolute atomic E-state index is 0.280. The van der Waals surface area contributed by atoms with Crippen LogP contribution in [0.4, 0.5) is 4.39 Å². The van der Waals surface area contributed by atoms with Crippen molar-refractivity contribution in [2.24, 2.45) is 0 Å². The summed E-state index contributed by atoms with van der Waals surface area (Å²) in [7, 11) is 0. The Morgan fingerprint density at radius 2 is 1.55 bits per heavy atom. The van der Waals surface area contributed by atoms with Gasteiger partial charge in [-0.1, -0.05) is 50.2 Å². The second-order valence-electron chi connectivity index (χ2n) is 5.39. The molecule has 0 fully saturated rings. The Hall–Kier alpha value is -1.67. The van der Waals surface area contributed by atoms with E-state index in [1.807, 2.05) is 24.3 Å². The Bertz CT molecular complexity index is 574. The van der Waals surface area contributed by atoms with E-state index in [4.69, 9.17) is 0 Å². The topological polar surface area (TPSA) is 20.2 Å². The third-order valence-electron chi connectivity index (χ3n) is 3.95. The minimum Gasteiger partial charge on any atom is -0.384 e. The Morgan fingerprint density at radius 3 is 2.10 bits per heavy atom. The van der Waals surface area contributed by atoms with Crippen molar-refractivity contribution in [2.45, 2.75) is 39.2 Å². The summed E-state index contributed by atoms with van der Waals surface area (Å²) in [6, 6.07) is 12.8. The highest BCUT2D eigenvalue weighted by molar-refractivity contribution is 5.34. The molecule has 2 unspecified atom stereocenters.